The highest BCUT2D eigenvalue weighted by molar-refractivity contribution is 5.95. The summed E-state index contributed by atoms with van der Waals surface area (Å²) in [5, 5.41) is 9.33. The molecule has 1 N–H and O–H groups in total. The van der Waals surface area contributed by atoms with Gasteiger partial charge in [0, 0.05) is 17.7 Å². The van der Waals surface area contributed by atoms with Crippen molar-refractivity contribution in [3.05, 3.63) is 59.2 Å². The summed E-state index contributed by atoms with van der Waals surface area (Å²) in [6, 6.07) is 8.32. The molecule has 0 spiro atoms. The average Bonchev–Trinajstić information content (AvgIpc) is 3.03. The molecule has 2 aromatic carbocycles. The first-order valence-electron chi connectivity index (χ1n) is 7.99. The van der Waals surface area contributed by atoms with Crippen molar-refractivity contribution in [2.45, 2.75) is 25.8 Å². The number of hydrogen-bond acceptors (Lipinski definition) is 2. The van der Waals surface area contributed by atoms with Crippen molar-refractivity contribution in [2.75, 3.05) is 13.2 Å². The fraction of sp³-hybridized carbons (Fsp3) is 0.316. The molecule has 3 nitrogen and oxygen atoms in total. The highest BCUT2D eigenvalue weighted by Gasteiger charge is 2.29. The summed E-state index contributed by atoms with van der Waals surface area (Å²) in [6.45, 7) is 2.21. The Morgan fingerprint density at radius 1 is 1.21 bits per heavy atom. The van der Waals surface area contributed by atoms with E-state index < -0.39 is 5.82 Å². The Morgan fingerprint density at radius 3 is 2.62 bits per heavy atom. The molecule has 5 heteroatoms. The van der Waals surface area contributed by atoms with E-state index >= 15 is 0 Å². The van der Waals surface area contributed by atoms with Crippen LogP contribution in [0.2, 0.25) is 0 Å². The molecule has 0 bridgehead atoms. The number of aryl methyl sites for hydroxylation is 1. The maximum atomic E-state index is 14.5. The van der Waals surface area contributed by atoms with Gasteiger partial charge in [0.1, 0.15) is 11.6 Å². The number of halogens is 2. The van der Waals surface area contributed by atoms with Gasteiger partial charge in [-0.25, -0.2) is 8.78 Å². The summed E-state index contributed by atoms with van der Waals surface area (Å²) >= 11 is 0. The van der Waals surface area contributed by atoms with Gasteiger partial charge in [-0.3, -0.25) is 4.79 Å². The summed E-state index contributed by atoms with van der Waals surface area (Å²) in [5.74, 6) is -1.16. The summed E-state index contributed by atoms with van der Waals surface area (Å²) in [5.41, 5.74) is 1.83. The summed E-state index contributed by atoms with van der Waals surface area (Å²) in [7, 11) is 0. The standard InChI is InChI=1S/C19H19F2NO2/c1-12-9-14(20)5-7-16(12)17-6-4-13(10-18(17)21)19(24)22-8-2-3-15(22)11-23/h4-7,9-10,15,23H,2-3,8,11H2,1H3/t15-/m1/s1. The van der Waals surface area contributed by atoms with Crippen LogP contribution in [0.3, 0.4) is 0 Å². The highest BCUT2D eigenvalue weighted by atomic mass is 19.1. The Morgan fingerprint density at radius 2 is 1.96 bits per heavy atom. The summed E-state index contributed by atoms with van der Waals surface area (Å²) in [4.78, 5) is 14.1. The van der Waals surface area contributed by atoms with Crippen molar-refractivity contribution < 1.29 is 18.7 Å². The summed E-state index contributed by atoms with van der Waals surface area (Å²) < 4.78 is 27.7. The quantitative estimate of drug-likeness (QED) is 0.934. The summed E-state index contributed by atoms with van der Waals surface area (Å²) in [6.07, 6.45) is 1.60. The number of likely N-dealkylation sites (tertiary alicyclic amines) is 1. The number of aliphatic hydroxyl groups is 1. The van der Waals surface area contributed by atoms with Gasteiger partial charge in [-0.15, -0.1) is 0 Å². The largest absolute Gasteiger partial charge is 0.394 e. The molecule has 1 atom stereocenters. The van der Waals surface area contributed by atoms with Crippen molar-refractivity contribution in [3.63, 3.8) is 0 Å². The molecule has 1 fully saturated rings. The van der Waals surface area contributed by atoms with E-state index in [0.717, 1.165) is 12.8 Å². The molecule has 1 heterocycles. The van der Waals surface area contributed by atoms with Crippen molar-refractivity contribution in [3.8, 4) is 11.1 Å². The van der Waals surface area contributed by atoms with E-state index in [1.54, 1.807) is 24.0 Å². The minimum Gasteiger partial charge on any atom is -0.394 e. The number of nitrogens with zero attached hydrogens (tertiary/aromatic N) is 1. The number of carbonyl (C=O) groups excluding carboxylic acids is 1. The van der Waals surface area contributed by atoms with E-state index in [0.29, 0.717) is 23.2 Å². The Bertz CT molecular complexity index is 776. The Labute approximate surface area is 139 Å². The Kier molecular flexibility index (Phi) is 4.62. The molecule has 1 aliphatic heterocycles. The molecule has 0 saturated carbocycles. The first-order valence-corrected chi connectivity index (χ1v) is 7.99. The van der Waals surface area contributed by atoms with Gasteiger partial charge in [0.15, 0.2) is 0 Å². The minimum atomic E-state index is -0.518. The van der Waals surface area contributed by atoms with Crippen molar-refractivity contribution in [1.82, 2.24) is 4.90 Å². The molecule has 2 aromatic rings. The van der Waals surface area contributed by atoms with Gasteiger partial charge in [0.2, 0.25) is 0 Å². The van der Waals surface area contributed by atoms with E-state index in [4.69, 9.17) is 0 Å². The molecular weight excluding hydrogens is 312 g/mol. The lowest BCUT2D eigenvalue weighted by Crippen LogP contribution is -2.37. The van der Waals surface area contributed by atoms with Crippen LogP contribution in [0.4, 0.5) is 8.78 Å². The highest BCUT2D eigenvalue weighted by Crippen LogP contribution is 2.28. The second-order valence-corrected chi connectivity index (χ2v) is 6.13. The van der Waals surface area contributed by atoms with Crippen LogP contribution >= 0.6 is 0 Å². The van der Waals surface area contributed by atoms with Crippen molar-refractivity contribution >= 4 is 5.91 Å². The topological polar surface area (TPSA) is 40.5 Å². The van der Waals surface area contributed by atoms with E-state index in [-0.39, 0.29) is 29.9 Å². The number of aliphatic hydroxyl groups excluding tert-OH is 1. The third-order valence-corrected chi connectivity index (χ3v) is 4.54. The Hall–Kier alpha value is -2.27. The third-order valence-electron chi connectivity index (χ3n) is 4.54. The maximum Gasteiger partial charge on any atom is 0.254 e. The number of amides is 1. The number of hydrogen-bond donors (Lipinski definition) is 1. The second kappa shape index (κ2) is 6.69. The van der Waals surface area contributed by atoms with Crippen molar-refractivity contribution in [2.24, 2.45) is 0 Å². The fourth-order valence-corrected chi connectivity index (χ4v) is 3.25. The van der Waals surface area contributed by atoms with Crippen LogP contribution in [0.1, 0.15) is 28.8 Å². The van der Waals surface area contributed by atoms with E-state index in [9.17, 15) is 18.7 Å². The predicted molar refractivity (Wildman–Crippen MR) is 87.7 cm³/mol. The second-order valence-electron chi connectivity index (χ2n) is 6.13. The molecule has 0 aliphatic carbocycles. The fourth-order valence-electron chi connectivity index (χ4n) is 3.25. The zero-order chi connectivity index (χ0) is 17.3. The molecule has 3 rings (SSSR count). The van der Waals surface area contributed by atoms with Gasteiger partial charge in [-0.05, 0) is 55.2 Å². The van der Waals surface area contributed by atoms with E-state index in [2.05, 4.69) is 0 Å². The van der Waals surface area contributed by atoms with Crippen LogP contribution in [0.5, 0.6) is 0 Å². The predicted octanol–water partition coefficient (Wildman–Crippen LogP) is 3.54. The maximum absolute atomic E-state index is 14.5. The van der Waals surface area contributed by atoms with Gasteiger partial charge in [0.05, 0.1) is 12.6 Å². The molecule has 0 aromatic heterocycles. The minimum absolute atomic E-state index is 0.0823. The SMILES string of the molecule is Cc1cc(F)ccc1-c1ccc(C(=O)N2CCC[C@@H]2CO)cc1F. The molecule has 24 heavy (non-hydrogen) atoms. The molecule has 0 radical (unpaired) electrons. The normalized spacial score (nSPS) is 17.3. The van der Waals surface area contributed by atoms with Gasteiger partial charge in [-0.2, -0.15) is 0 Å². The van der Waals surface area contributed by atoms with Crippen LogP contribution in [-0.2, 0) is 0 Å². The lowest BCUT2D eigenvalue weighted by atomic mass is 9.98. The van der Waals surface area contributed by atoms with Crippen LogP contribution in [0.25, 0.3) is 11.1 Å². The molecular formula is C19H19F2NO2. The smallest absolute Gasteiger partial charge is 0.254 e. The number of carbonyl (C=O) groups is 1. The first kappa shape index (κ1) is 16.6. The van der Waals surface area contributed by atoms with Gasteiger partial charge < -0.3 is 10.0 Å². The average molecular weight is 331 g/mol. The lowest BCUT2D eigenvalue weighted by Gasteiger charge is -2.23. The molecule has 126 valence electrons. The number of benzene rings is 2. The third kappa shape index (κ3) is 3.04. The Balaban J connectivity index is 1.91. The molecule has 1 saturated heterocycles. The monoisotopic (exact) mass is 331 g/mol. The zero-order valence-corrected chi connectivity index (χ0v) is 13.4. The van der Waals surface area contributed by atoms with Crippen LogP contribution in [0, 0.1) is 18.6 Å². The lowest BCUT2D eigenvalue weighted by molar-refractivity contribution is 0.0677. The molecule has 1 amide bonds. The zero-order valence-electron chi connectivity index (χ0n) is 13.4. The van der Waals surface area contributed by atoms with Gasteiger partial charge in [0.25, 0.3) is 5.91 Å². The van der Waals surface area contributed by atoms with Crippen molar-refractivity contribution in [1.29, 1.82) is 0 Å². The van der Waals surface area contributed by atoms with E-state index in [1.165, 1.54) is 24.3 Å². The molecule has 0 unspecified atom stereocenters. The van der Waals surface area contributed by atoms with Crippen LogP contribution < -0.4 is 0 Å². The van der Waals surface area contributed by atoms with Crippen LogP contribution in [0.15, 0.2) is 36.4 Å². The van der Waals surface area contributed by atoms with E-state index in [1.807, 2.05) is 0 Å². The van der Waals surface area contributed by atoms with Gasteiger partial charge in [-0.1, -0.05) is 12.1 Å². The number of rotatable bonds is 3. The van der Waals surface area contributed by atoms with Gasteiger partial charge >= 0.3 is 0 Å². The molecule has 1 aliphatic rings. The first-order chi connectivity index (χ1) is 11.5. The van der Waals surface area contributed by atoms with Crippen LogP contribution in [-0.4, -0.2) is 35.1 Å².